The Morgan fingerprint density at radius 1 is 1.14 bits per heavy atom. The summed E-state index contributed by atoms with van der Waals surface area (Å²) in [6, 6.07) is 6.74. The summed E-state index contributed by atoms with van der Waals surface area (Å²) in [6.45, 7) is 0. The van der Waals surface area contributed by atoms with Crippen LogP contribution >= 0.6 is 0 Å². The van der Waals surface area contributed by atoms with Crippen molar-refractivity contribution >= 4 is 6.08 Å². The first-order valence-corrected chi connectivity index (χ1v) is 11.1. The molecule has 1 unspecified atom stereocenters. The fourth-order valence-electron chi connectivity index (χ4n) is 1.79. The molecule has 75 valence electrons. The van der Waals surface area contributed by atoms with E-state index < -0.39 is 24.2 Å². The van der Waals surface area contributed by atoms with Crippen molar-refractivity contribution in [1.82, 2.24) is 0 Å². The summed E-state index contributed by atoms with van der Waals surface area (Å²) in [7, 11) is 0. The number of rotatable bonds is 1. The first-order valence-electron chi connectivity index (χ1n) is 4.43. The molecule has 1 aliphatic carbocycles. The van der Waals surface area contributed by atoms with Crippen molar-refractivity contribution in [2.45, 2.75) is 8.26 Å². The van der Waals surface area contributed by atoms with Crippen LogP contribution in [0.15, 0.2) is 30.3 Å². The molecule has 1 atom stereocenters. The molecule has 0 bridgehead atoms. The van der Waals surface area contributed by atoms with Crippen LogP contribution < -0.4 is 0 Å². The van der Waals surface area contributed by atoms with Crippen LogP contribution in [0, 0.1) is 0 Å². The molecule has 1 aromatic rings. The van der Waals surface area contributed by atoms with Gasteiger partial charge in [-0.3, -0.25) is 0 Å². The molecule has 4 heteroatoms. The Balaban J connectivity index is 2.51. The van der Waals surface area contributed by atoms with Crippen molar-refractivity contribution in [3.05, 3.63) is 41.5 Å². The standard InChI is InChI=1S/C9H7.CH3.3FH.Zr/c1-2-5-9-7-3-6-8(9)4-1;;;;;/h1-7H;1H3;3*1H;/q;;;;;+3/p-3. The van der Waals surface area contributed by atoms with Gasteiger partial charge in [0.05, 0.1) is 0 Å². The van der Waals surface area contributed by atoms with Crippen LogP contribution in [-0.4, -0.2) is 0 Å². The van der Waals surface area contributed by atoms with Crippen LogP contribution in [0.4, 0.5) is 7.88 Å². The van der Waals surface area contributed by atoms with E-state index in [-0.39, 0.29) is 0 Å². The Labute approximate surface area is 84.2 Å². The molecule has 14 heavy (non-hydrogen) atoms. The summed E-state index contributed by atoms with van der Waals surface area (Å²) in [4.78, 5) is 0. The van der Waals surface area contributed by atoms with Crippen LogP contribution in [-0.2, 0) is 20.6 Å². The fraction of sp³-hybridized carbons (Fsp3) is 0.200. The molecule has 0 aromatic heterocycles. The zero-order chi connectivity index (χ0) is 10.4. The average molecular weight is 278 g/mol. The van der Waals surface area contributed by atoms with Gasteiger partial charge in [0, 0.05) is 0 Å². The van der Waals surface area contributed by atoms with Crippen LogP contribution in [0.5, 0.6) is 0 Å². The molecule has 0 N–H and O–H groups in total. The molecule has 0 saturated heterocycles. The molecule has 0 radical (unpaired) electrons. The molecule has 2 rings (SSSR count). The Bertz CT molecular complexity index is 394. The molecular weight excluding hydrogens is 268 g/mol. The summed E-state index contributed by atoms with van der Waals surface area (Å²) in [6.07, 6.45) is 2.88. The molecule has 0 fully saturated rings. The van der Waals surface area contributed by atoms with E-state index in [9.17, 15) is 7.88 Å². The van der Waals surface area contributed by atoms with Gasteiger partial charge in [0.1, 0.15) is 0 Å². The SMILES string of the molecule is [CH3][Zr]([F])([F])([F])[CH]1C=Cc2ccccc21. The summed E-state index contributed by atoms with van der Waals surface area (Å²) in [5, 5.41) is 0. The predicted octanol–water partition coefficient (Wildman–Crippen LogP) is 4.15. The molecule has 0 aliphatic heterocycles. The molecule has 0 spiro atoms. The van der Waals surface area contributed by atoms with Gasteiger partial charge in [-0.25, -0.2) is 0 Å². The molecule has 1 aliphatic rings. The third kappa shape index (κ3) is 1.72. The second-order valence-corrected chi connectivity index (χ2v) is 12.3. The zero-order valence-corrected chi connectivity index (χ0v) is 10.1. The summed E-state index contributed by atoms with van der Waals surface area (Å²) < 4.78 is 39.1. The van der Waals surface area contributed by atoms with E-state index in [2.05, 4.69) is 0 Å². The number of benzene rings is 1. The fourth-order valence-corrected chi connectivity index (χ4v) is 5.31. The van der Waals surface area contributed by atoms with Crippen molar-refractivity contribution in [1.29, 1.82) is 0 Å². The van der Waals surface area contributed by atoms with E-state index in [1.807, 2.05) is 0 Å². The normalized spacial score (nSPS) is 22.9. The van der Waals surface area contributed by atoms with Crippen LogP contribution in [0.2, 0.25) is 4.63 Å². The number of halogens is 3. The number of hydrogen-bond acceptors (Lipinski definition) is 0. The van der Waals surface area contributed by atoms with E-state index in [1.165, 1.54) is 6.08 Å². The number of allylic oxidation sites excluding steroid dienone is 1. The van der Waals surface area contributed by atoms with Crippen LogP contribution in [0.3, 0.4) is 0 Å². The average Bonchev–Trinajstić information content (AvgIpc) is 2.44. The van der Waals surface area contributed by atoms with Gasteiger partial charge in [0.25, 0.3) is 0 Å². The third-order valence-corrected chi connectivity index (χ3v) is 6.96. The third-order valence-electron chi connectivity index (χ3n) is 2.46. The Morgan fingerprint density at radius 3 is 2.43 bits per heavy atom. The summed E-state index contributed by atoms with van der Waals surface area (Å²) in [5.41, 5.74) is 1.15. The van der Waals surface area contributed by atoms with Gasteiger partial charge in [0.15, 0.2) is 0 Å². The van der Waals surface area contributed by atoms with Crippen LogP contribution in [0.25, 0.3) is 6.08 Å². The first kappa shape index (κ1) is 10.2. The van der Waals surface area contributed by atoms with Crippen molar-refractivity contribution in [2.75, 3.05) is 0 Å². The van der Waals surface area contributed by atoms with E-state index in [4.69, 9.17) is 0 Å². The minimum atomic E-state index is -6.90. The molecule has 0 heterocycles. The summed E-state index contributed by atoms with van der Waals surface area (Å²) >= 11 is -6.90. The first-order chi connectivity index (χ1) is 6.35. The quantitative estimate of drug-likeness (QED) is 0.724. The maximum absolute atomic E-state index is 13.3. The second-order valence-electron chi connectivity index (χ2n) is 3.86. The van der Waals surface area contributed by atoms with Gasteiger partial charge in [0.2, 0.25) is 0 Å². The predicted molar refractivity (Wildman–Crippen MR) is 47.4 cm³/mol. The number of hydrogen-bond donors (Lipinski definition) is 0. The van der Waals surface area contributed by atoms with Crippen LogP contribution in [0.1, 0.15) is 14.8 Å². The Morgan fingerprint density at radius 2 is 1.79 bits per heavy atom. The Kier molecular flexibility index (Phi) is 2.04. The van der Waals surface area contributed by atoms with E-state index in [0.29, 0.717) is 15.8 Å². The van der Waals surface area contributed by atoms with E-state index in [0.717, 1.165) is 0 Å². The second kappa shape index (κ2) is 2.82. The van der Waals surface area contributed by atoms with Gasteiger partial charge in [-0.1, -0.05) is 0 Å². The topological polar surface area (TPSA) is 0 Å². The van der Waals surface area contributed by atoms with Crippen molar-refractivity contribution in [3.8, 4) is 0 Å². The van der Waals surface area contributed by atoms with Gasteiger partial charge in [-0.05, 0) is 0 Å². The van der Waals surface area contributed by atoms with E-state index >= 15 is 0 Å². The van der Waals surface area contributed by atoms with Gasteiger partial charge >= 0.3 is 84.3 Å². The number of fused-ring (bicyclic) bond motifs is 1. The zero-order valence-electron chi connectivity index (χ0n) is 7.68. The molecule has 0 saturated carbocycles. The molecule has 1 aromatic carbocycles. The van der Waals surface area contributed by atoms with Gasteiger partial charge < -0.3 is 0 Å². The van der Waals surface area contributed by atoms with Gasteiger partial charge in [-0.2, -0.15) is 0 Å². The Hall–Kier alpha value is -0.367. The van der Waals surface area contributed by atoms with Crippen molar-refractivity contribution in [3.63, 3.8) is 0 Å². The van der Waals surface area contributed by atoms with E-state index in [1.54, 1.807) is 30.3 Å². The monoisotopic (exact) mass is 277 g/mol. The van der Waals surface area contributed by atoms with Gasteiger partial charge in [-0.15, -0.1) is 0 Å². The molecule has 0 nitrogen and oxygen atoms in total. The molecule has 0 amide bonds. The maximum atomic E-state index is 13.3. The molecular formula is C10H10F3Zr. The van der Waals surface area contributed by atoms with Crippen molar-refractivity contribution in [2.24, 2.45) is 0 Å². The minimum absolute atomic E-state index is 0.438. The van der Waals surface area contributed by atoms with Crippen molar-refractivity contribution < 1.29 is 28.5 Å². The summed E-state index contributed by atoms with van der Waals surface area (Å²) in [5.74, 6) is 0.